The highest BCUT2D eigenvalue weighted by Crippen LogP contribution is 2.32. The monoisotopic (exact) mass is 341 g/mol. The van der Waals surface area contributed by atoms with Crippen LogP contribution < -0.4 is 10.1 Å². The van der Waals surface area contributed by atoms with E-state index in [1.165, 1.54) is 0 Å². The smallest absolute Gasteiger partial charge is 0.141 e. The first-order valence-corrected chi connectivity index (χ1v) is 8.79. The first-order chi connectivity index (χ1) is 12.1. The topological polar surface area (TPSA) is 58.6 Å². The molecule has 4 nitrogen and oxygen atoms in total. The Bertz CT molecular complexity index is 657. The van der Waals surface area contributed by atoms with E-state index in [0.29, 0.717) is 12.3 Å². The van der Waals surface area contributed by atoms with Gasteiger partial charge in [-0.15, -0.1) is 0 Å². The number of hydrogen-bond donors (Lipinski definition) is 2. The summed E-state index contributed by atoms with van der Waals surface area (Å²) in [5.41, 5.74) is 1.77. The van der Waals surface area contributed by atoms with E-state index < -0.39 is 6.10 Å². The van der Waals surface area contributed by atoms with Crippen molar-refractivity contribution in [3.8, 4) is 5.75 Å². The van der Waals surface area contributed by atoms with Crippen molar-refractivity contribution in [3.63, 3.8) is 0 Å². The molecule has 0 aromatic heterocycles. The molecule has 2 aromatic rings. The fraction of sp³-hybridized carbons (Fsp3) is 0.381. The van der Waals surface area contributed by atoms with Crippen LogP contribution in [-0.4, -0.2) is 36.7 Å². The Morgan fingerprint density at radius 2 is 1.80 bits per heavy atom. The number of aliphatic hydroxyl groups excluding tert-OH is 1. The molecule has 0 fully saturated rings. The molecule has 0 saturated carbocycles. The zero-order valence-electron chi connectivity index (χ0n) is 14.9. The average Bonchev–Trinajstić information content (AvgIpc) is 2.62. The molecule has 0 saturated heterocycles. The van der Waals surface area contributed by atoms with E-state index in [0.717, 1.165) is 24.1 Å². The van der Waals surface area contributed by atoms with Gasteiger partial charge in [0.2, 0.25) is 0 Å². The Morgan fingerprint density at radius 1 is 1.12 bits per heavy atom. The maximum absolute atomic E-state index is 12.3. The van der Waals surface area contributed by atoms with E-state index in [-0.39, 0.29) is 18.3 Å². The third-order valence-electron chi connectivity index (χ3n) is 4.01. The van der Waals surface area contributed by atoms with Crippen molar-refractivity contribution in [1.29, 1.82) is 0 Å². The lowest BCUT2D eigenvalue weighted by Gasteiger charge is -2.20. The fourth-order valence-electron chi connectivity index (χ4n) is 2.82. The summed E-state index contributed by atoms with van der Waals surface area (Å²) in [7, 11) is 0. The third kappa shape index (κ3) is 5.69. The lowest BCUT2D eigenvalue weighted by atomic mass is 9.88. The number of benzene rings is 2. The largest absolute Gasteiger partial charge is 0.491 e. The molecule has 0 bridgehead atoms. The van der Waals surface area contributed by atoms with Crippen molar-refractivity contribution in [1.82, 2.24) is 5.32 Å². The fourth-order valence-corrected chi connectivity index (χ4v) is 2.82. The molecule has 2 N–H and O–H groups in total. The van der Waals surface area contributed by atoms with Crippen molar-refractivity contribution >= 4 is 5.78 Å². The number of carbonyl (C=O) groups is 1. The highest BCUT2D eigenvalue weighted by Gasteiger charge is 2.22. The van der Waals surface area contributed by atoms with Crippen LogP contribution in [0.1, 0.15) is 37.3 Å². The number of carbonyl (C=O) groups excluding carboxylic acids is 1. The van der Waals surface area contributed by atoms with Crippen LogP contribution in [0.5, 0.6) is 5.75 Å². The van der Waals surface area contributed by atoms with E-state index in [1.807, 2.05) is 54.6 Å². The van der Waals surface area contributed by atoms with E-state index >= 15 is 0 Å². The maximum Gasteiger partial charge on any atom is 0.141 e. The molecule has 0 spiro atoms. The predicted octanol–water partition coefficient (Wildman–Crippen LogP) is 3.15. The first kappa shape index (κ1) is 19.2. The van der Waals surface area contributed by atoms with Gasteiger partial charge in [0.05, 0.1) is 5.92 Å². The quantitative estimate of drug-likeness (QED) is 0.652. The van der Waals surface area contributed by atoms with Crippen LogP contribution in [0.3, 0.4) is 0 Å². The summed E-state index contributed by atoms with van der Waals surface area (Å²) in [5, 5.41) is 13.2. The normalized spacial score (nSPS) is 13.2. The number of aliphatic hydroxyl groups is 1. The summed E-state index contributed by atoms with van der Waals surface area (Å²) in [4.78, 5) is 12.3. The third-order valence-corrected chi connectivity index (χ3v) is 4.01. The SMILES string of the molecule is CCCNCC(O)COc1ccccc1C(C(C)=O)c1ccccc1. The molecule has 25 heavy (non-hydrogen) atoms. The minimum atomic E-state index is -0.591. The molecule has 2 aromatic carbocycles. The molecular formula is C21H27NO3. The molecule has 2 rings (SSSR count). The van der Waals surface area contributed by atoms with Crippen molar-refractivity contribution in [2.24, 2.45) is 0 Å². The van der Waals surface area contributed by atoms with Crippen molar-refractivity contribution in [2.45, 2.75) is 32.3 Å². The molecule has 2 unspecified atom stereocenters. The Labute approximate surface area is 149 Å². The Kier molecular flexibility index (Phi) is 7.64. The first-order valence-electron chi connectivity index (χ1n) is 8.79. The van der Waals surface area contributed by atoms with E-state index in [4.69, 9.17) is 4.74 Å². The van der Waals surface area contributed by atoms with Gasteiger partial charge < -0.3 is 15.2 Å². The van der Waals surface area contributed by atoms with Gasteiger partial charge in [0.1, 0.15) is 24.2 Å². The second kappa shape index (κ2) is 9.97. The van der Waals surface area contributed by atoms with Crippen molar-refractivity contribution in [2.75, 3.05) is 19.7 Å². The molecule has 0 radical (unpaired) electrons. The van der Waals surface area contributed by atoms with Gasteiger partial charge in [-0.05, 0) is 31.5 Å². The molecular weight excluding hydrogens is 314 g/mol. The number of ether oxygens (including phenoxy) is 1. The number of ketones is 1. The summed E-state index contributed by atoms with van der Waals surface area (Å²) in [5.74, 6) is 0.335. The lowest BCUT2D eigenvalue weighted by Crippen LogP contribution is -2.32. The van der Waals surface area contributed by atoms with Crippen LogP contribution in [0.4, 0.5) is 0 Å². The zero-order chi connectivity index (χ0) is 18.1. The Balaban J connectivity index is 2.14. The Hall–Kier alpha value is -2.17. The van der Waals surface area contributed by atoms with Gasteiger partial charge in [0, 0.05) is 12.1 Å². The number of Topliss-reactive ketones (excluding diaryl/α,β-unsaturated/α-hetero) is 1. The van der Waals surface area contributed by atoms with Crippen LogP contribution in [0.2, 0.25) is 0 Å². The number of hydrogen-bond acceptors (Lipinski definition) is 4. The maximum atomic E-state index is 12.3. The highest BCUT2D eigenvalue weighted by molar-refractivity contribution is 5.87. The summed E-state index contributed by atoms with van der Waals surface area (Å²) in [6, 6.07) is 17.2. The second-order valence-corrected chi connectivity index (χ2v) is 6.16. The van der Waals surface area contributed by atoms with Gasteiger partial charge in [0.25, 0.3) is 0 Å². The molecule has 0 aliphatic heterocycles. The summed E-state index contributed by atoms with van der Waals surface area (Å²) in [6.07, 6.45) is 0.431. The number of para-hydroxylation sites is 1. The summed E-state index contributed by atoms with van der Waals surface area (Å²) < 4.78 is 5.84. The van der Waals surface area contributed by atoms with Crippen LogP contribution >= 0.6 is 0 Å². The number of nitrogens with one attached hydrogen (secondary N) is 1. The van der Waals surface area contributed by atoms with Gasteiger partial charge in [-0.3, -0.25) is 4.79 Å². The van der Waals surface area contributed by atoms with Gasteiger partial charge in [-0.2, -0.15) is 0 Å². The lowest BCUT2D eigenvalue weighted by molar-refractivity contribution is -0.117. The summed E-state index contributed by atoms with van der Waals surface area (Å²) in [6.45, 7) is 5.22. The van der Waals surface area contributed by atoms with Crippen molar-refractivity contribution < 1.29 is 14.6 Å². The average molecular weight is 341 g/mol. The van der Waals surface area contributed by atoms with E-state index in [2.05, 4.69) is 12.2 Å². The Morgan fingerprint density at radius 3 is 2.48 bits per heavy atom. The molecule has 0 amide bonds. The number of rotatable bonds is 10. The van der Waals surface area contributed by atoms with Crippen molar-refractivity contribution in [3.05, 3.63) is 65.7 Å². The van der Waals surface area contributed by atoms with Crippen LogP contribution in [0.25, 0.3) is 0 Å². The van der Waals surface area contributed by atoms with Crippen LogP contribution in [-0.2, 0) is 4.79 Å². The molecule has 0 heterocycles. The highest BCUT2D eigenvalue weighted by atomic mass is 16.5. The zero-order valence-corrected chi connectivity index (χ0v) is 14.9. The minimum absolute atomic E-state index is 0.0624. The van der Waals surface area contributed by atoms with E-state index in [1.54, 1.807) is 6.92 Å². The van der Waals surface area contributed by atoms with Gasteiger partial charge >= 0.3 is 0 Å². The molecule has 0 aliphatic carbocycles. The molecule has 134 valence electrons. The van der Waals surface area contributed by atoms with Crippen LogP contribution in [0, 0.1) is 0 Å². The van der Waals surface area contributed by atoms with E-state index in [9.17, 15) is 9.90 Å². The standard InChI is InChI=1S/C21H27NO3/c1-3-13-22-14-18(24)15-25-20-12-8-7-11-19(20)21(16(2)23)17-9-5-4-6-10-17/h4-12,18,21-22,24H,3,13-15H2,1-2H3. The molecule has 0 aliphatic rings. The minimum Gasteiger partial charge on any atom is -0.491 e. The molecule has 2 atom stereocenters. The predicted molar refractivity (Wildman–Crippen MR) is 100 cm³/mol. The second-order valence-electron chi connectivity index (χ2n) is 6.16. The van der Waals surface area contributed by atoms with Crippen LogP contribution in [0.15, 0.2) is 54.6 Å². The van der Waals surface area contributed by atoms with Gasteiger partial charge in [0.15, 0.2) is 0 Å². The summed E-state index contributed by atoms with van der Waals surface area (Å²) >= 11 is 0. The van der Waals surface area contributed by atoms with Gasteiger partial charge in [-0.1, -0.05) is 55.5 Å². The molecule has 4 heteroatoms. The van der Waals surface area contributed by atoms with Gasteiger partial charge in [-0.25, -0.2) is 0 Å².